The van der Waals surface area contributed by atoms with E-state index in [-0.39, 0.29) is 18.0 Å². The SMILES string of the molecule is O=C(CNc1ccc(F)cc1)Nc1ccc(F)c(F)c1. The van der Waals surface area contributed by atoms with Gasteiger partial charge in [-0.05, 0) is 36.4 Å². The Hall–Kier alpha value is -2.50. The Morgan fingerprint density at radius 2 is 1.55 bits per heavy atom. The van der Waals surface area contributed by atoms with Gasteiger partial charge in [-0.1, -0.05) is 0 Å². The highest BCUT2D eigenvalue weighted by atomic mass is 19.2. The molecule has 0 saturated carbocycles. The Bertz CT molecular complexity index is 614. The number of carbonyl (C=O) groups is 1. The summed E-state index contributed by atoms with van der Waals surface area (Å²) in [4.78, 5) is 11.6. The molecule has 3 nitrogen and oxygen atoms in total. The van der Waals surface area contributed by atoms with Crippen LogP contribution in [0.25, 0.3) is 0 Å². The molecule has 2 N–H and O–H groups in total. The van der Waals surface area contributed by atoms with Crippen molar-refractivity contribution >= 4 is 17.3 Å². The van der Waals surface area contributed by atoms with Gasteiger partial charge >= 0.3 is 0 Å². The number of nitrogens with one attached hydrogen (secondary N) is 2. The van der Waals surface area contributed by atoms with E-state index in [1.807, 2.05) is 0 Å². The third-order valence-electron chi connectivity index (χ3n) is 2.50. The van der Waals surface area contributed by atoms with Gasteiger partial charge in [0.2, 0.25) is 5.91 Å². The van der Waals surface area contributed by atoms with E-state index in [4.69, 9.17) is 0 Å². The third kappa shape index (κ3) is 3.74. The molecule has 0 atom stereocenters. The first-order chi connectivity index (χ1) is 9.54. The zero-order valence-corrected chi connectivity index (χ0v) is 10.3. The molecule has 0 fully saturated rings. The highest BCUT2D eigenvalue weighted by Crippen LogP contribution is 2.13. The lowest BCUT2D eigenvalue weighted by molar-refractivity contribution is -0.114. The maximum atomic E-state index is 12.9. The molecule has 0 bridgehead atoms. The largest absolute Gasteiger partial charge is 0.376 e. The Morgan fingerprint density at radius 1 is 0.900 bits per heavy atom. The Labute approximate surface area is 113 Å². The van der Waals surface area contributed by atoms with Crippen molar-refractivity contribution in [2.45, 2.75) is 0 Å². The molecule has 0 heterocycles. The van der Waals surface area contributed by atoms with E-state index in [1.165, 1.54) is 30.3 Å². The minimum absolute atomic E-state index is 0.0787. The second-order valence-electron chi connectivity index (χ2n) is 4.04. The Morgan fingerprint density at radius 3 is 2.20 bits per heavy atom. The average molecular weight is 280 g/mol. The van der Waals surface area contributed by atoms with E-state index < -0.39 is 17.5 Å². The van der Waals surface area contributed by atoms with Crippen molar-refractivity contribution in [2.24, 2.45) is 0 Å². The van der Waals surface area contributed by atoms with Crippen molar-refractivity contribution in [3.05, 3.63) is 59.9 Å². The van der Waals surface area contributed by atoms with Crippen LogP contribution in [-0.2, 0) is 4.79 Å². The number of amides is 1. The average Bonchev–Trinajstić information content (AvgIpc) is 2.42. The highest BCUT2D eigenvalue weighted by Gasteiger charge is 2.06. The fourth-order valence-corrected chi connectivity index (χ4v) is 1.53. The number of anilines is 2. The molecule has 0 aliphatic heterocycles. The van der Waals surface area contributed by atoms with E-state index in [9.17, 15) is 18.0 Å². The normalized spacial score (nSPS) is 10.2. The molecule has 1 amide bonds. The van der Waals surface area contributed by atoms with Crippen LogP contribution in [0.5, 0.6) is 0 Å². The first-order valence-electron chi connectivity index (χ1n) is 5.79. The van der Waals surface area contributed by atoms with E-state index in [0.29, 0.717) is 5.69 Å². The number of rotatable bonds is 4. The Balaban J connectivity index is 1.89. The molecule has 0 radical (unpaired) electrons. The zero-order chi connectivity index (χ0) is 14.5. The van der Waals surface area contributed by atoms with Gasteiger partial charge in [-0.15, -0.1) is 0 Å². The van der Waals surface area contributed by atoms with Crippen molar-refractivity contribution in [2.75, 3.05) is 17.2 Å². The quantitative estimate of drug-likeness (QED) is 0.903. The second kappa shape index (κ2) is 6.10. The molecule has 0 aromatic heterocycles. The van der Waals surface area contributed by atoms with Gasteiger partial charge in [0.1, 0.15) is 5.82 Å². The molecule has 0 aliphatic rings. The number of hydrogen-bond donors (Lipinski definition) is 2. The lowest BCUT2D eigenvalue weighted by Crippen LogP contribution is -2.21. The smallest absolute Gasteiger partial charge is 0.243 e. The number of halogens is 3. The van der Waals surface area contributed by atoms with Crippen LogP contribution >= 0.6 is 0 Å². The van der Waals surface area contributed by atoms with Crippen LogP contribution in [0.15, 0.2) is 42.5 Å². The lowest BCUT2D eigenvalue weighted by Gasteiger charge is -2.08. The molecule has 6 heteroatoms. The number of hydrogen-bond acceptors (Lipinski definition) is 2. The van der Waals surface area contributed by atoms with Gasteiger partial charge < -0.3 is 10.6 Å². The minimum Gasteiger partial charge on any atom is -0.376 e. The number of benzene rings is 2. The summed E-state index contributed by atoms with van der Waals surface area (Å²) < 4.78 is 38.3. The molecule has 0 unspecified atom stereocenters. The molecule has 2 rings (SSSR count). The fourth-order valence-electron chi connectivity index (χ4n) is 1.53. The summed E-state index contributed by atoms with van der Waals surface area (Å²) in [7, 11) is 0. The van der Waals surface area contributed by atoms with Gasteiger partial charge in [-0.3, -0.25) is 4.79 Å². The van der Waals surface area contributed by atoms with Crippen LogP contribution in [0.3, 0.4) is 0 Å². The third-order valence-corrected chi connectivity index (χ3v) is 2.50. The van der Waals surface area contributed by atoms with Gasteiger partial charge in [-0.25, -0.2) is 13.2 Å². The van der Waals surface area contributed by atoms with Crippen LogP contribution in [0.2, 0.25) is 0 Å². The summed E-state index contributed by atoms with van der Waals surface area (Å²) in [6, 6.07) is 8.57. The molecule has 20 heavy (non-hydrogen) atoms. The van der Waals surface area contributed by atoms with Crippen LogP contribution in [0, 0.1) is 17.5 Å². The van der Waals surface area contributed by atoms with E-state index in [1.54, 1.807) is 0 Å². The van der Waals surface area contributed by atoms with Crippen molar-refractivity contribution in [3.8, 4) is 0 Å². The van der Waals surface area contributed by atoms with Crippen molar-refractivity contribution in [1.82, 2.24) is 0 Å². The van der Waals surface area contributed by atoms with Crippen LogP contribution in [-0.4, -0.2) is 12.5 Å². The minimum atomic E-state index is -1.03. The summed E-state index contributed by atoms with van der Waals surface area (Å²) in [6.45, 7) is -0.0787. The van der Waals surface area contributed by atoms with Gasteiger partial charge in [0.05, 0.1) is 6.54 Å². The topological polar surface area (TPSA) is 41.1 Å². The molecule has 2 aromatic carbocycles. The first-order valence-corrected chi connectivity index (χ1v) is 5.79. The predicted octanol–water partition coefficient (Wildman–Crippen LogP) is 3.15. The van der Waals surface area contributed by atoms with Crippen LogP contribution < -0.4 is 10.6 Å². The lowest BCUT2D eigenvalue weighted by atomic mass is 10.3. The van der Waals surface area contributed by atoms with Gasteiger partial charge in [0.15, 0.2) is 11.6 Å². The zero-order valence-electron chi connectivity index (χ0n) is 10.3. The van der Waals surface area contributed by atoms with Crippen LogP contribution in [0.1, 0.15) is 0 Å². The summed E-state index contributed by atoms with van der Waals surface area (Å²) in [5.41, 5.74) is 0.738. The van der Waals surface area contributed by atoms with Crippen molar-refractivity contribution < 1.29 is 18.0 Å². The maximum absolute atomic E-state index is 12.9. The maximum Gasteiger partial charge on any atom is 0.243 e. The molecule has 0 spiro atoms. The van der Waals surface area contributed by atoms with Gasteiger partial charge in [0.25, 0.3) is 0 Å². The standard InChI is InChI=1S/C14H11F3N2O/c15-9-1-3-10(4-2-9)18-8-14(20)19-11-5-6-12(16)13(17)7-11/h1-7,18H,8H2,(H,19,20). The highest BCUT2D eigenvalue weighted by molar-refractivity contribution is 5.93. The summed E-state index contributed by atoms with van der Waals surface area (Å²) in [5, 5.41) is 5.18. The van der Waals surface area contributed by atoms with E-state index in [0.717, 1.165) is 12.1 Å². The molecule has 0 saturated heterocycles. The van der Waals surface area contributed by atoms with E-state index >= 15 is 0 Å². The predicted molar refractivity (Wildman–Crippen MR) is 69.9 cm³/mol. The summed E-state index contributed by atoms with van der Waals surface area (Å²) >= 11 is 0. The van der Waals surface area contributed by atoms with Crippen molar-refractivity contribution in [3.63, 3.8) is 0 Å². The van der Waals surface area contributed by atoms with Crippen LogP contribution in [0.4, 0.5) is 24.5 Å². The first kappa shape index (κ1) is 13.9. The van der Waals surface area contributed by atoms with Gasteiger partial charge in [-0.2, -0.15) is 0 Å². The molecule has 2 aromatic rings. The van der Waals surface area contributed by atoms with Gasteiger partial charge in [0, 0.05) is 17.4 Å². The Kier molecular flexibility index (Phi) is 4.24. The summed E-state index contributed by atoms with van der Waals surface area (Å²) in [5.74, 6) is -2.82. The van der Waals surface area contributed by atoms with Crippen molar-refractivity contribution in [1.29, 1.82) is 0 Å². The number of carbonyl (C=O) groups excluding carboxylic acids is 1. The van der Waals surface area contributed by atoms with E-state index in [2.05, 4.69) is 10.6 Å². The molecule has 104 valence electrons. The fraction of sp³-hybridized carbons (Fsp3) is 0.0714. The molecular weight excluding hydrogens is 269 g/mol. The molecular formula is C14H11F3N2O. The summed E-state index contributed by atoms with van der Waals surface area (Å²) in [6.07, 6.45) is 0. The monoisotopic (exact) mass is 280 g/mol. The second-order valence-corrected chi connectivity index (χ2v) is 4.04. The molecule has 0 aliphatic carbocycles.